The lowest BCUT2D eigenvalue weighted by atomic mass is 10.1. The molecule has 1 amide bonds. The van der Waals surface area contributed by atoms with E-state index in [0.717, 1.165) is 15.7 Å². The van der Waals surface area contributed by atoms with Gasteiger partial charge in [0.05, 0.1) is 6.54 Å². The molecule has 4 nitrogen and oxygen atoms in total. The first-order chi connectivity index (χ1) is 9.65. The van der Waals surface area contributed by atoms with Gasteiger partial charge in [0.25, 0.3) is 0 Å². The average molecular weight is 334 g/mol. The molecule has 1 aromatic heterocycles. The van der Waals surface area contributed by atoms with Gasteiger partial charge < -0.3 is 10.6 Å². The van der Waals surface area contributed by atoms with Crippen LogP contribution in [0.4, 0.5) is 5.69 Å². The van der Waals surface area contributed by atoms with Crippen LogP contribution in [0.25, 0.3) is 0 Å². The van der Waals surface area contributed by atoms with Crippen molar-refractivity contribution < 1.29 is 4.79 Å². The minimum Gasteiger partial charge on any atom is -0.325 e. The Morgan fingerprint density at radius 3 is 2.90 bits per heavy atom. The second-order valence-corrected chi connectivity index (χ2v) is 5.36. The van der Waals surface area contributed by atoms with Crippen molar-refractivity contribution in [1.29, 1.82) is 0 Å². The number of halogens is 1. The van der Waals surface area contributed by atoms with E-state index in [1.54, 1.807) is 12.4 Å². The van der Waals surface area contributed by atoms with E-state index < -0.39 is 0 Å². The predicted octanol–water partition coefficient (Wildman–Crippen LogP) is 3.13. The summed E-state index contributed by atoms with van der Waals surface area (Å²) in [5.41, 5.74) is 1.84. The van der Waals surface area contributed by atoms with Crippen LogP contribution in [0.2, 0.25) is 0 Å². The van der Waals surface area contributed by atoms with Gasteiger partial charge in [0.1, 0.15) is 0 Å². The Balaban J connectivity index is 1.83. The second-order valence-electron chi connectivity index (χ2n) is 4.45. The Morgan fingerprint density at radius 2 is 2.20 bits per heavy atom. The molecule has 2 N–H and O–H groups in total. The fourth-order valence-electron chi connectivity index (χ4n) is 1.77. The van der Waals surface area contributed by atoms with E-state index in [1.165, 1.54) is 0 Å². The molecule has 0 aliphatic heterocycles. The third kappa shape index (κ3) is 4.43. The summed E-state index contributed by atoms with van der Waals surface area (Å²) in [7, 11) is 0. The highest BCUT2D eigenvalue weighted by atomic mass is 79.9. The number of nitrogens with zero attached hydrogens (tertiary/aromatic N) is 1. The minimum absolute atomic E-state index is 0.0705. The van der Waals surface area contributed by atoms with E-state index in [2.05, 4.69) is 31.5 Å². The topological polar surface area (TPSA) is 54.0 Å². The van der Waals surface area contributed by atoms with Crippen molar-refractivity contribution in [1.82, 2.24) is 10.3 Å². The Labute approximate surface area is 126 Å². The number of hydrogen-bond donors (Lipinski definition) is 2. The number of anilines is 1. The molecular formula is C15H16BrN3O. The maximum atomic E-state index is 11.9. The van der Waals surface area contributed by atoms with E-state index in [0.29, 0.717) is 0 Å². The van der Waals surface area contributed by atoms with E-state index in [4.69, 9.17) is 0 Å². The number of amides is 1. The summed E-state index contributed by atoms with van der Waals surface area (Å²) in [6.07, 6.45) is 3.53. The van der Waals surface area contributed by atoms with Gasteiger partial charge in [0.2, 0.25) is 5.91 Å². The summed E-state index contributed by atoms with van der Waals surface area (Å²) in [5.74, 6) is -0.0705. The number of carbonyl (C=O) groups excluding carboxylic acids is 1. The Kier molecular flexibility index (Phi) is 5.26. The molecule has 1 aromatic carbocycles. The first kappa shape index (κ1) is 14.7. The van der Waals surface area contributed by atoms with Crippen molar-refractivity contribution in [3.63, 3.8) is 0 Å². The molecule has 104 valence electrons. The van der Waals surface area contributed by atoms with Crippen LogP contribution >= 0.6 is 15.9 Å². The molecule has 2 rings (SSSR count). The molecule has 2 aromatic rings. The third-order valence-electron chi connectivity index (χ3n) is 2.86. The van der Waals surface area contributed by atoms with Gasteiger partial charge in [0, 0.05) is 28.6 Å². The zero-order valence-electron chi connectivity index (χ0n) is 11.1. The zero-order valence-corrected chi connectivity index (χ0v) is 12.7. The molecule has 20 heavy (non-hydrogen) atoms. The highest BCUT2D eigenvalue weighted by Gasteiger charge is 2.08. The second kappa shape index (κ2) is 7.17. The lowest BCUT2D eigenvalue weighted by Gasteiger charge is -2.13. The van der Waals surface area contributed by atoms with Crippen molar-refractivity contribution in [3.8, 4) is 0 Å². The van der Waals surface area contributed by atoms with E-state index in [-0.39, 0.29) is 18.5 Å². The van der Waals surface area contributed by atoms with Gasteiger partial charge in [-0.05, 0) is 36.8 Å². The highest BCUT2D eigenvalue weighted by molar-refractivity contribution is 9.10. The molecule has 1 heterocycles. The van der Waals surface area contributed by atoms with Crippen LogP contribution in [0.15, 0.2) is 53.3 Å². The first-order valence-corrected chi connectivity index (χ1v) is 7.13. The van der Waals surface area contributed by atoms with Gasteiger partial charge in [-0.3, -0.25) is 9.78 Å². The summed E-state index contributed by atoms with van der Waals surface area (Å²) in [6.45, 7) is 2.26. The van der Waals surface area contributed by atoms with Crippen LogP contribution in [0.5, 0.6) is 0 Å². The number of rotatable bonds is 5. The summed E-state index contributed by atoms with van der Waals surface area (Å²) < 4.78 is 0.937. The Bertz CT molecular complexity index is 574. The SMILES string of the molecule is C[C@@H](NCC(=O)Nc1cccc(Br)c1)c1cccnc1. The highest BCUT2D eigenvalue weighted by Crippen LogP contribution is 2.15. The minimum atomic E-state index is -0.0705. The molecule has 0 fully saturated rings. The van der Waals surface area contributed by atoms with Crippen molar-refractivity contribution in [2.45, 2.75) is 13.0 Å². The summed E-state index contributed by atoms with van der Waals surface area (Å²) in [5, 5.41) is 6.01. The third-order valence-corrected chi connectivity index (χ3v) is 3.35. The molecule has 0 radical (unpaired) electrons. The lowest BCUT2D eigenvalue weighted by molar-refractivity contribution is -0.115. The van der Waals surface area contributed by atoms with Crippen molar-refractivity contribution in [2.24, 2.45) is 0 Å². The largest absolute Gasteiger partial charge is 0.325 e. The molecule has 0 spiro atoms. The number of hydrogen-bond acceptors (Lipinski definition) is 3. The van der Waals surface area contributed by atoms with Crippen LogP contribution < -0.4 is 10.6 Å². The maximum absolute atomic E-state index is 11.9. The van der Waals surface area contributed by atoms with Crippen LogP contribution in [0, 0.1) is 0 Å². The van der Waals surface area contributed by atoms with Gasteiger partial charge in [-0.15, -0.1) is 0 Å². The number of carbonyl (C=O) groups is 1. The van der Waals surface area contributed by atoms with Gasteiger partial charge in [-0.25, -0.2) is 0 Å². The molecule has 0 bridgehead atoms. The lowest BCUT2D eigenvalue weighted by Crippen LogP contribution is -2.30. The van der Waals surface area contributed by atoms with Crippen LogP contribution in [-0.2, 0) is 4.79 Å². The molecule has 0 saturated heterocycles. The maximum Gasteiger partial charge on any atom is 0.238 e. The number of aromatic nitrogens is 1. The first-order valence-electron chi connectivity index (χ1n) is 6.34. The summed E-state index contributed by atoms with van der Waals surface area (Å²) in [6, 6.07) is 11.5. The Morgan fingerprint density at radius 1 is 1.35 bits per heavy atom. The smallest absolute Gasteiger partial charge is 0.238 e. The van der Waals surface area contributed by atoms with Crippen LogP contribution in [0.3, 0.4) is 0 Å². The number of pyridine rings is 1. The fraction of sp³-hybridized carbons (Fsp3) is 0.200. The number of nitrogens with one attached hydrogen (secondary N) is 2. The van der Waals surface area contributed by atoms with Crippen LogP contribution in [-0.4, -0.2) is 17.4 Å². The monoisotopic (exact) mass is 333 g/mol. The van der Waals surface area contributed by atoms with Crippen molar-refractivity contribution in [3.05, 3.63) is 58.8 Å². The molecule has 5 heteroatoms. The van der Waals surface area contributed by atoms with Gasteiger partial charge >= 0.3 is 0 Å². The van der Waals surface area contributed by atoms with Gasteiger partial charge in [-0.1, -0.05) is 28.1 Å². The predicted molar refractivity (Wildman–Crippen MR) is 83.4 cm³/mol. The Hall–Kier alpha value is -1.72. The molecule has 0 unspecified atom stereocenters. The number of benzene rings is 1. The van der Waals surface area contributed by atoms with E-state index in [1.807, 2.05) is 43.3 Å². The van der Waals surface area contributed by atoms with Gasteiger partial charge in [-0.2, -0.15) is 0 Å². The molecule has 0 aliphatic carbocycles. The molecule has 1 atom stereocenters. The van der Waals surface area contributed by atoms with Crippen molar-refractivity contribution in [2.75, 3.05) is 11.9 Å². The summed E-state index contributed by atoms with van der Waals surface area (Å²) in [4.78, 5) is 15.9. The van der Waals surface area contributed by atoms with E-state index in [9.17, 15) is 4.79 Å². The molecular weight excluding hydrogens is 318 g/mol. The normalized spacial score (nSPS) is 11.9. The fourth-order valence-corrected chi connectivity index (χ4v) is 2.17. The molecule has 0 aliphatic rings. The summed E-state index contributed by atoms with van der Waals surface area (Å²) >= 11 is 3.37. The molecule has 0 saturated carbocycles. The van der Waals surface area contributed by atoms with Crippen LogP contribution in [0.1, 0.15) is 18.5 Å². The van der Waals surface area contributed by atoms with E-state index >= 15 is 0 Å². The standard InChI is InChI=1S/C15H16BrN3O/c1-11(12-4-3-7-17-9-12)18-10-15(20)19-14-6-2-5-13(16)8-14/h2-9,11,18H,10H2,1H3,(H,19,20)/t11-/m1/s1. The quantitative estimate of drug-likeness (QED) is 0.883. The van der Waals surface area contributed by atoms with Gasteiger partial charge in [0.15, 0.2) is 0 Å². The zero-order chi connectivity index (χ0) is 14.4. The van der Waals surface area contributed by atoms with Crippen molar-refractivity contribution >= 4 is 27.5 Å². The average Bonchev–Trinajstić information content (AvgIpc) is 2.46.